The molecule has 0 bridgehead atoms. The fraction of sp³-hybridized carbons (Fsp3) is 0.750. The van der Waals surface area contributed by atoms with Gasteiger partial charge in [0, 0.05) is 6.04 Å². The zero-order valence-corrected chi connectivity index (χ0v) is 10.9. The number of rotatable bonds is 6. The van der Waals surface area contributed by atoms with Crippen LogP contribution in [0, 0.1) is 11.8 Å². The van der Waals surface area contributed by atoms with Gasteiger partial charge in [0.25, 0.3) is 0 Å². The minimum absolute atomic E-state index is 0.118. The first-order valence-electron chi connectivity index (χ1n) is 6.07. The number of carboxylic acid groups (broad SMARTS) is 1. The minimum atomic E-state index is -0.951. The lowest BCUT2D eigenvalue weighted by Gasteiger charge is -2.25. The summed E-state index contributed by atoms with van der Waals surface area (Å²) >= 11 is 0. The molecule has 0 aromatic rings. The molecule has 1 aliphatic carbocycles. The Morgan fingerprint density at radius 2 is 1.94 bits per heavy atom. The summed E-state index contributed by atoms with van der Waals surface area (Å²) in [5.74, 6) is -2.77. The van der Waals surface area contributed by atoms with Crippen molar-refractivity contribution in [3.05, 3.63) is 0 Å². The third kappa shape index (κ3) is 3.45. The number of carbonyl (C=O) groups is 3. The Kier molecular flexibility index (Phi) is 4.69. The van der Waals surface area contributed by atoms with Gasteiger partial charge in [-0.15, -0.1) is 0 Å². The van der Waals surface area contributed by atoms with Crippen LogP contribution in [0.3, 0.4) is 0 Å². The molecule has 6 nitrogen and oxygen atoms in total. The molecule has 0 aromatic heterocycles. The lowest BCUT2D eigenvalue weighted by atomic mass is 10.2. The first kappa shape index (κ1) is 14.5. The maximum Gasteiger partial charge on any atom is 0.325 e. The first-order chi connectivity index (χ1) is 8.38. The third-order valence-electron chi connectivity index (χ3n) is 2.94. The smallest absolute Gasteiger partial charge is 0.325 e. The van der Waals surface area contributed by atoms with E-state index in [9.17, 15) is 14.4 Å². The van der Waals surface area contributed by atoms with E-state index in [1.54, 1.807) is 20.8 Å². The Morgan fingerprint density at radius 1 is 1.33 bits per heavy atom. The number of carboxylic acids is 1. The summed E-state index contributed by atoms with van der Waals surface area (Å²) in [5, 5.41) is 8.80. The molecule has 0 aliphatic heterocycles. The van der Waals surface area contributed by atoms with Crippen LogP contribution in [0.1, 0.15) is 27.2 Å². The number of ether oxygens (including phenoxy) is 1. The highest BCUT2D eigenvalue weighted by Gasteiger charge is 2.50. The largest absolute Gasteiger partial charge is 0.481 e. The normalized spacial score (nSPS) is 21.6. The maximum atomic E-state index is 12.1. The van der Waals surface area contributed by atoms with Gasteiger partial charge < -0.3 is 14.7 Å². The Labute approximate surface area is 106 Å². The molecular weight excluding hydrogens is 238 g/mol. The molecule has 102 valence electrons. The SMILES string of the molecule is CCOC(=O)CN(C(=O)C1CC1C(=O)O)C(C)C. The Bertz CT molecular complexity index is 352. The van der Waals surface area contributed by atoms with Gasteiger partial charge in [0.1, 0.15) is 6.54 Å². The van der Waals surface area contributed by atoms with Crippen molar-refractivity contribution in [1.82, 2.24) is 4.90 Å². The molecule has 0 heterocycles. The van der Waals surface area contributed by atoms with Crippen molar-refractivity contribution in [2.45, 2.75) is 33.2 Å². The van der Waals surface area contributed by atoms with Crippen LogP contribution in [0.2, 0.25) is 0 Å². The summed E-state index contributed by atoms with van der Waals surface area (Å²) in [6, 6.07) is -0.156. The molecule has 1 amide bonds. The van der Waals surface area contributed by atoms with Crippen LogP contribution in [0.4, 0.5) is 0 Å². The summed E-state index contributed by atoms with van der Waals surface area (Å²) in [4.78, 5) is 35.6. The molecule has 0 spiro atoms. The van der Waals surface area contributed by atoms with E-state index in [1.165, 1.54) is 4.90 Å². The van der Waals surface area contributed by atoms with Crippen molar-refractivity contribution in [3.8, 4) is 0 Å². The quantitative estimate of drug-likeness (QED) is 0.701. The Balaban J connectivity index is 2.60. The monoisotopic (exact) mass is 257 g/mol. The first-order valence-corrected chi connectivity index (χ1v) is 6.07. The van der Waals surface area contributed by atoms with E-state index in [2.05, 4.69) is 0 Å². The molecule has 1 saturated carbocycles. The summed E-state index contributed by atoms with van der Waals surface area (Å²) in [6.45, 7) is 5.42. The van der Waals surface area contributed by atoms with E-state index < -0.39 is 23.8 Å². The van der Waals surface area contributed by atoms with Gasteiger partial charge in [-0.3, -0.25) is 14.4 Å². The van der Waals surface area contributed by atoms with Crippen LogP contribution >= 0.6 is 0 Å². The van der Waals surface area contributed by atoms with Gasteiger partial charge >= 0.3 is 11.9 Å². The van der Waals surface area contributed by atoms with E-state index in [0.717, 1.165) is 0 Å². The van der Waals surface area contributed by atoms with E-state index >= 15 is 0 Å². The minimum Gasteiger partial charge on any atom is -0.481 e. The van der Waals surface area contributed by atoms with Crippen molar-refractivity contribution in [1.29, 1.82) is 0 Å². The van der Waals surface area contributed by atoms with Crippen LogP contribution < -0.4 is 0 Å². The van der Waals surface area contributed by atoms with E-state index in [1.807, 2.05) is 0 Å². The van der Waals surface area contributed by atoms with E-state index in [0.29, 0.717) is 6.42 Å². The fourth-order valence-electron chi connectivity index (χ4n) is 1.81. The fourth-order valence-corrected chi connectivity index (χ4v) is 1.81. The topological polar surface area (TPSA) is 83.9 Å². The Hall–Kier alpha value is -1.59. The molecular formula is C12H19NO5. The van der Waals surface area contributed by atoms with Gasteiger partial charge in [-0.25, -0.2) is 0 Å². The summed E-state index contributed by atoms with van der Waals surface area (Å²) in [7, 11) is 0. The average Bonchev–Trinajstić information content (AvgIpc) is 3.04. The van der Waals surface area contributed by atoms with Gasteiger partial charge in [0.05, 0.1) is 18.4 Å². The molecule has 1 rings (SSSR count). The lowest BCUT2D eigenvalue weighted by Crippen LogP contribution is -2.42. The second kappa shape index (κ2) is 5.84. The lowest BCUT2D eigenvalue weighted by molar-refractivity contribution is -0.151. The van der Waals surface area contributed by atoms with E-state index in [4.69, 9.17) is 9.84 Å². The van der Waals surface area contributed by atoms with Crippen LogP contribution in [0.25, 0.3) is 0 Å². The zero-order valence-electron chi connectivity index (χ0n) is 10.9. The van der Waals surface area contributed by atoms with Crippen molar-refractivity contribution >= 4 is 17.8 Å². The highest BCUT2D eigenvalue weighted by molar-refractivity contribution is 5.91. The number of amides is 1. The van der Waals surface area contributed by atoms with Crippen LogP contribution in [-0.2, 0) is 19.1 Å². The molecule has 1 aliphatic rings. The van der Waals surface area contributed by atoms with Crippen LogP contribution in [-0.4, -0.2) is 47.0 Å². The third-order valence-corrected chi connectivity index (χ3v) is 2.94. The van der Waals surface area contributed by atoms with Crippen molar-refractivity contribution < 1.29 is 24.2 Å². The summed E-state index contributed by atoms with van der Waals surface area (Å²) in [5.41, 5.74) is 0. The molecule has 2 unspecified atom stereocenters. The molecule has 0 aromatic carbocycles. The van der Waals surface area contributed by atoms with Crippen LogP contribution in [0.5, 0.6) is 0 Å². The molecule has 0 radical (unpaired) electrons. The second-order valence-electron chi connectivity index (χ2n) is 4.65. The van der Waals surface area contributed by atoms with Crippen molar-refractivity contribution in [2.24, 2.45) is 11.8 Å². The van der Waals surface area contributed by atoms with Gasteiger partial charge in [-0.05, 0) is 27.2 Å². The number of hydrogen-bond acceptors (Lipinski definition) is 4. The number of esters is 1. The second-order valence-corrected chi connectivity index (χ2v) is 4.65. The Morgan fingerprint density at radius 3 is 2.33 bits per heavy atom. The number of nitrogens with zero attached hydrogens (tertiary/aromatic N) is 1. The molecule has 1 fully saturated rings. The van der Waals surface area contributed by atoms with Gasteiger partial charge in [0.15, 0.2) is 0 Å². The average molecular weight is 257 g/mol. The molecule has 0 saturated heterocycles. The molecule has 18 heavy (non-hydrogen) atoms. The predicted octanol–water partition coefficient (Wildman–Crippen LogP) is 0.507. The highest BCUT2D eigenvalue weighted by Crippen LogP contribution is 2.40. The van der Waals surface area contributed by atoms with Crippen molar-refractivity contribution in [3.63, 3.8) is 0 Å². The molecule has 2 atom stereocenters. The standard InChI is InChI=1S/C12H19NO5/c1-4-18-10(14)6-13(7(2)3)11(15)8-5-9(8)12(16)17/h7-9H,4-6H2,1-3H3,(H,16,17). The van der Waals surface area contributed by atoms with Crippen LogP contribution in [0.15, 0.2) is 0 Å². The molecule has 6 heteroatoms. The van der Waals surface area contributed by atoms with Gasteiger partial charge in [0.2, 0.25) is 5.91 Å². The predicted molar refractivity (Wildman–Crippen MR) is 62.7 cm³/mol. The van der Waals surface area contributed by atoms with Gasteiger partial charge in [-0.2, -0.15) is 0 Å². The zero-order chi connectivity index (χ0) is 13.9. The summed E-state index contributed by atoms with van der Waals surface area (Å²) in [6.07, 6.45) is 0.361. The number of carbonyl (C=O) groups excluding carboxylic acids is 2. The van der Waals surface area contributed by atoms with Crippen molar-refractivity contribution in [2.75, 3.05) is 13.2 Å². The summed E-state index contributed by atoms with van der Waals surface area (Å²) < 4.78 is 4.80. The number of hydrogen-bond donors (Lipinski definition) is 1. The maximum absolute atomic E-state index is 12.1. The number of aliphatic carboxylic acids is 1. The van der Waals surface area contributed by atoms with Gasteiger partial charge in [-0.1, -0.05) is 0 Å². The molecule has 1 N–H and O–H groups in total. The van der Waals surface area contributed by atoms with E-state index in [-0.39, 0.29) is 25.1 Å². The highest BCUT2D eigenvalue weighted by atomic mass is 16.5.